The van der Waals surface area contributed by atoms with Crippen LogP contribution in [0.5, 0.6) is 0 Å². The van der Waals surface area contributed by atoms with Crippen molar-refractivity contribution >= 4 is 5.91 Å². The van der Waals surface area contributed by atoms with Crippen molar-refractivity contribution < 1.29 is 4.79 Å². The lowest BCUT2D eigenvalue weighted by Crippen LogP contribution is -2.40. The van der Waals surface area contributed by atoms with Crippen LogP contribution in [0.2, 0.25) is 0 Å². The molecule has 1 unspecified atom stereocenters. The van der Waals surface area contributed by atoms with Crippen LogP contribution in [0.4, 0.5) is 0 Å². The maximum Gasteiger partial charge on any atom is 0.245 e. The summed E-state index contributed by atoms with van der Waals surface area (Å²) in [6.45, 7) is 8.76. The minimum Gasteiger partial charge on any atom is -0.341 e. The van der Waals surface area contributed by atoms with Gasteiger partial charge in [-0.3, -0.25) is 9.69 Å². The number of nitrogens with zero attached hydrogens (tertiary/aromatic N) is 2. The number of rotatable bonds is 4. The third kappa shape index (κ3) is 2.58. The number of amides is 1. The largest absolute Gasteiger partial charge is 0.341 e. The smallest absolute Gasteiger partial charge is 0.245 e. The van der Waals surface area contributed by atoms with E-state index < -0.39 is 0 Å². The van der Waals surface area contributed by atoms with Crippen LogP contribution in [0, 0.1) is 0 Å². The third-order valence-electron chi connectivity index (χ3n) is 2.94. The maximum atomic E-state index is 11.3. The molecule has 0 spiro atoms. The number of carbonyl (C=O) groups excluding carboxylic acids is 1. The van der Waals surface area contributed by atoms with E-state index in [0.29, 0.717) is 6.04 Å². The minimum atomic E-state index is 0.0213. The van der Waals surface area contributed by atoms with Crippen molar-refractivity contribution in [2.75, 3.05) is 26.7 Å². The quantitative estimate of drug-likeness (QED) is 0.629. The standard InChI is InChI=1S/C11H20N2O/c1-4-11(14)12(3)9-10-7-6-8-13(10)5-2/h4,10H,1,5-9H2,2-3H3. The first-order valence-electron chi connectivity index (χ1n) is 5.30. The third-order valence-corrected chi connectivity index (χ3v) is 2.94. The van der Waals surface area contributed by atoms with Gasteiger partial charge in [0.1, 0.15) is 0 Å². The molecular formula is C11H20N2O. The fourth-order valence-corrected chi connectivity index (χ4v) is 2.08. The fraction of sp³-hybridized carbons (Fsp3) is 0.727. The van der Waals surface area contributed by atoms with Gasteiger partial charge in [-0.2, -0.15) is 0 Å². The van der Waals surface area contributed by atoms with Crippen molar-refractivity contribution in [3.05, 3.63) is 12.7 Å². The lowest BCUT2D eigenvalue weighted by atomic mass is 10.2. The van der Waals surface area contributed by atoms with Gasteiger partial charge >= 0.3 is 0 Å². The second-order valence-corrected chi connectivity index (χ2v) is 3.85. The summed E-state index contributed by atoms with van der Waals surface area (Å²) >= 11 is 0. The molecule has 0 aromatic carbocycles. The Bertz CT molecular complexity index is 215. The van der Waals surface area contributed by atoms with Crippen LogP contribution in [0.25, 0.3) is 0 Å². The number of carbonyl (C=O) groups is 1. The van der Waals surface area contributed by atoms with Crippen LogP contribution in [-0.4, -0.2) is 48.4 Å². The van der Waals surface area contributed by atoms with E-state index in [2.05, 4.69) is 18.4 Å². The lowest BCUT2D eigenvalue weighted by molar-refractivity contribution is -0.125. The number of likely N-dealkylation sites (N-methyl/N-ethyl adjacent to an activating group) is 2. The molecule has 1 saturated heterocycles. The molecule has 0 N–H and O–H groups in total. The van der Waals surface area contributed by atoms with E-state index in [1.165, 1.54) is 25.5 Å². The monoisotopic (exact) mass is 196 g/mol. The molecule has 1 aliphatic rings. The Morgan fingerprint density at radius 1 is 1.71 bits per heavy atom. The van der Waals surface area contributed by atoms with Crippen molar-refractivity contribution in [1.82, 2.24) is 9.80 Å². The fourth-order valence-electron chi connectivity index (χ4n) is 2.08. The molecule has 1 aliphatic heterocycles. The van der Waals surface area contributed by atoms with E-state index in [4.69, 9.17) is 0 Å². The molecule has 80 valence electrons. The zero-order valence-corrected chi connectivity index (χ0v) is 9.20. The predicted molar refractivity (Wildman–Crippen MR) is 58.1 cm³/mol. The topological polar surface area (TPSA) is 23.6 Å². The van der Waals surface area contributed by atoms with Gasteiger partial charge in [-0.25, -0.2) is 0 Å². The first-order chi connectivity index (χ1) is 6.69. The maximum absolute atomic E-state index is 11.3. The summed E-state index contributed by atoms with van der Waals surface area (Å²) in [5.74, 6) is 0.0213. The Morgan fingerprint density at radius 3 is 3.00 bits per heavy atom. The Labute approximate surface area is 86.4 Å². The van der Waals surface area contributed by atoms with E-state index >= 15 is 0 Å². The van der Waals surface area contributed by atoms with E-state index in [9.17, 15) is 4.79 Å². The molecule has 0 radical (unpaired) electrons. The zero-order valence-electron chi connectivity index (χ0n) is 9.20. The Hall–Kier alpha value is -0.830. The Kier molecular flexibility index (Phi) is 4.14. The molecule has 3 heteroatoms. The van der Waals surface area contributed by atoms with E-state index in [0.717, 1.165) is 13.1 Å². The average molecular weight is 196 g/mol. The molecule has 3 nitrogen and oxygen atoms in total. The van der Waals surface area contributed by atoms with Gasteiger partial charge in [-0.05, 0) is 32.0 Å². The molecule has 1 amide bonds. The number of hydrogen-bond acceptors (Lipinski definition) is 2. The highest BCUT2D eigenvalue weighted by Gasteiger charge is 2.24. The van der Waals surface area contributed by atoms with Crippen LogP contribution in [0.15, 0.2) is 12.7 Å². The predicted octanol–water partition coefficient (Wildman–Crippen LogP) is 1.12. The first-order valence-corrected chi connectivity index (χ1v) is 5.30. The summed E-state index contributed by atoms with van der Waals surface area (Å²) in [7, 11) is 1.84. The molecular weight excluding hydrogens is 176 g/mol. The summed E-state index contributed by atoms with van der Waals surface area (Å²) in [6, 6.07) is 0.550. The molecule has 14 heavy (non-hydrogen) atoms. The summed E-state index contributed by atoms with van der Waals surface area (Å²) in [5, 5.41) is 0. The van der Waals surface area contributed by atoms with Crippen LogP contribution in [-0.2, 0) is 4.79 Å². The Balaban J connectivity index is 2.42. The molecule has 1 atom stereocenters. The molecule has 0 bridgehead atoms. The van der Waals surface area contributed by atoms with Crippen LogP contribution in [0.3, 0.4) is 0 Å². The molecule has 1 heterocycles. The average Bonchev–Trinajstić information content (AvgIpc) is 2.63. The van der Waals surface area contributed by atoms with Crippen molar-refractivity contribution in [1.29, 1.82) is 0 Å². The van der Waals surface area contributed by atoms with Crippen molar-refractivity contribution in [3.8, 4) is 0 Å². The molecule has 0 aliphatic carbocycles. The van der Waals surface area contributed by atoms with E-state index in [1.54, 1.807) is 4.90 Å². The van der Waals surface area contributed by atoms with Gasteiger partial charge in [-0.15, -0.1) is 0 Å². The minimum absolute atomic E-state index is 0.0213. The molecule has 0 saturated carbocycles. The highest BCUT2D eigenvalue weighted by molar-refractivity contribution is 5.86. The van der Waals surface area contributed by atoms with Crippen molar-refractivity contribution in [3.63, 3.8) is 0 Å². The number of hydrogen-bond donors (Lipinski definition) is 0. The summed E-state index contributed by atoms with van der Waals surface area (Å²) < 4.78 is 0. The molecule has 1 rings (SSSR count). The van der Waals surface area contributed by atoms with Crippen LogP contribution in [0.1, 0.15) is 19.8 Å². The van der Waals surface area contributed by atoms with Crippen molar-refractivity contribution in [2.24, 2.45) is 0 Å². The van der Waals surface area contributed by atoms with Gasteiger partial charge in [0.15, 0.2) is 0 Å². The van der Waals surface area contributed by atoms with E-state index in [1.807, 2.05) is 7.05 Å². The van der Waals surface area contributed by atoms with Gasteiger partial charge in [0.05, 0.1) is 0 Å². The summed E-state index contributed by atoms with van der Waals surface area (Å²) in [6.07, 6.45) is 3.85. The molecule has 0 aromatic heterocycles. The van der Waals surface area contributed by atoms with Crippen LogP contribution < -0.4 is 0 Å². The van der Waals surface area contributed by atoms with Crippen LogP contribution >= 0.6 is 0 Å². The second kappa shape index (κ2) is 5.15. The summed E-state index contributed by atoms with van der Waals surface area (Å²) in [5.41, 5.74) is 0. The lowest BCUT2D eigenvalue weighted by Gasteiger charge is -2.27. The Morgan fingerprint density at radius 2 is 2.43 bits per heavy atom. The highest BCUT2D eigenvalue weighted by Crippen LogP contribution is 2.17. The normalized spacial score (nSPS) is 22.3. The first kappa shape index (κ1) is 11.2. The van der Waals surface area contributed by atoms with Gasteiger partial charge in [-0.1, -0.05) is 13.5 Å². The molecule has 0 aromatic rings. The van der Waals surface area contributed by atoms with Crippen molar-refractivity contribution in [2.45, 2.75) is 25.8 Å². The van der Waals surface area contributed by atoms with Gasteiger partial charge in [0.2, 0.25) is 5.91 Å². The summed E-state index contributed by atoms with van der Waals surface area (Å²) in [4.78, 5) is 15.5. The van der Waals surface area contributed by atoms with Gasteiger partial charge in [0.25, 0.3) is 0 Å². The SMILES string of the molecule is C=CC(=O)N(C)CC1CCCN1CC. The van der Waals surface area contributed by atoms with Gasteiger partial charge in [0, 0.05) is 19.6 Å². The number of likely N-dealkylation sites (tertiary alicyclic amines) is 1. The highest BCUT2D eigenvalue weighted by atomic mass is 16.2. The van der Waals surface area contributed by atoms with Gasteiger partial charge < -0.3 is 4.90 Å². The molecule has 1 fully saturated rings. The second-order valence-electron chi connectivity index (χ2n) is 3.85. The zero-order chi connectivity index (χ0) is 10.6. The van der Waals surface area contributed by atoms with E-state index in [-0.39, 0.29) is 5.91 Å².